The molecule has 1 heterocycles. The van der Waals surface area contributed by atoms with Crippen LogP contribution in [0.5, 0.6) is 0 Å². The highest BCUT2D eigenvalue weighted by Crippen LogP contribution is 2.25. The number of carbonyl (C=O) groups is 1. The number of nitrogens with zero attached hydrogens (tertiary/aromatic N) is 1. The molecule has 2 unspecified atom stereocenters. The van der Waals surface area contributed by atoms with Crippen molar-refractivity contribution in [3.05, 3.63) is 16.1 Å². The van der Waals surface area contributed by atoms with Gasteiger partial charge in [0, 0.05) is 17.3 Å². The molecule has 1 aromatic heterocycles. The van der Waals surface area contributed by atoms with E-state index in [0.29, 0.717) is 19.4 Å². The van der Waals surface area contributed by atoms with E-state index in [1.165, 1.54) is 0 Å². The molecule has 4 nitrogen and oxygen atoms in total. The van der Waals surface area contributed by atoms with Gasteiger partial charge in [-0.05, 0) is 19.3 Å². The lowest BCUT2D eigenvalue weighted by atomic mass is 9.98. The summed E-state index contributed by atoms with van der Waals surface area (Å²) in [7, 11) is 0. The van der Waals surface area contributed by atoms with Crippen molar-refractivity contribution in [1.29, 1.82) is 0 Å². The lowest BCUT2D eigenvalue weighted by Crippen LogP contribution is -2.30. The van der Waals surface area contributed by atoms with Gasteiger partial charge in [0.1, 0.15) is 0 Å². The predicted octanol–water partition coefficient (Wildman–Crippen LogP) is 2.51. The maximum atomic E-state index is 11.9. The minimum absolute atomic E-state index is 0.00629. The molecular formula is C15H26N2O2S. The van der Waals surface area contributed by atoms with Gasteiger partial charge >= 0.3 is 0 Å². The largest absolute Gasteiger partial charge is 0.393 e. The molecule has 0 aliphatic heterocycles. The summed E-state index contributed by atoms with van der Waals surface area (Å²) in [6, 6.07) is 0. The first-order valence-electron chi connectivity index (χ1n) is 7.08. The van der Waals surface area contributed by atoms with E-state index in [-0.39, 0.29) is 23.3 Å². The van der Waals surface area contributed by atoms with E-state index in [0.717, 1.165) is 10.7 Å². The van der Waals surface area contributed by atoms with E-state index < -0.39 is 0 Å². The van der Waals surface area contributed by atoms with Crippen LogP contribution in [0.3, 0.4) is 0 Å². The molecule has 1 rings (SSSR count). The lowest BCUT2D eigenvalue weighted by molar-refractivity contribution is -0.120. The van der Waals surface area contributed by atoms with Crippen LogP contribution < -0.4 is 5.32 Å². The Morgan fingerprint density at radius 2 is 2.10 bits per heavy atom. The van der Waals surface area contributed by atoms with E-state index in [1.54, 1.807) is 18.3 Å². The number of amides is 1. The molecule has 114 valence electrons. The Morgan fingerprint density at radius 1 is 1.45 bits per heavy atom. The molecule has 0 saturated heterocycles. The first-order valence-corrected chi connectivity index (χ1v) is 7.96. The minimum atomic E-state index is -0.324. The van der Waals surface area contributed by atoms with Gasteiger partial charge in [0.2, 0.25) is 5.91 Å². The summed E-state index contributed by atoms with van der Waals surface area (Å²) in [6.07, 6.45) is 0.703. The van der Waals surface area contributed by atoms with Crippen LogP contribution >= 0.6 is 11.3 Å². The lowest BCUT2D eigenvalue weighted by Gasteiger charge is -2.14. The number of thiazole rings is 1. The minimum Gasteiger partial charge on any atom is -0.393 e. The number of aliphatic hydroxyl groups is 1. The van der Waals surface area contributed by atoms with Gasteiger partial charge in [-0.1, -0.05) is 27.7 Å². The molecule has 2 atom stereocenters. The molecule has 0 fully saturated rings. The molecule has 1 aromatic rings. The SMILES string of the molecule is CC(O)CC(C)CNC(=O)Cc1csc(C(C)(C)C)n1. The van der Waals surface area contributed by atoms with Crippen molar-refractivity contribution < 1.29 is 9.90 Å². The van der Waals surface area contributed by atoms with Crippen molar-refractivity contribution in [2.45, 2.75) is 59.0 Å². The summed E-state index contributed by atoms with van der Waals surface area (Å²) in [4.78, 5) is 16.4. The maximum absolute atomic E-state index is 11.9. The Morgan fingerprint density at radius 3 is 2.60 bits per heavy atom. The van der Waals surface area contributed by atoms with Gasteiger partial charge in [-0.2, -0.15) is 0 Å². The summed E-state index contributed by atoms with van der Waals surface area (Å²) >= 11 is 1.61. The fourth-order valence-corrected chi connectivity index (χ4v) is 2.82. The number of rotatable bonds is 6. The zero-order chi connectivity index (χ0) is 15.3. The highest BCUT2D eigenvalue weighted by molar-refractivity contribution is 7.09. The third-order valence-electron chi connectivity index (χ3n) is 2.93. The number of hydrogen-bond donors (Lipinski definition) is 2. The predicted molar refractivity (Wildman–Crippen MR) is 83.0 cm³/mol. The van der Waals surface area contributed by atoms with E-state index >= 15 is 0 Å². The van der Waals surface area contributed by atoms with Gasteiger partial charge in [0.25, 0.3) is 0 Å². The molecule has 0 bridgehead atoms. The Balaban J connectivity index is 2.41. The third-order valence-corrected chi connectivity index (χ3v) is 4.24. The van der Waals surface area contributed by atoms with E-state index in [2.05, 4.69) is 31.1 Å². The first-order chi connectivity index (χ1) is 9.18. The molecular weight excluding hydrogens is 272 g/mol. The van der Waals surface area contributed by atoms with E-state index in [9.17, 15) is 9.90 Å². The molecule has 5 heteroatoms. The van der Waals surface area contributed by atoms with Crippen molar-refractivity contribution in [3.63, 3.8) is 0 Å². The topological polar surface area (TPSA) is 62.2 Å². The van der Waals surface area contributed by atoms with Gasteiger partial charge in [-0.3, -0.25) is 4.79 Å². The van der Waals surface area contributed by atoms with Crippen LogP contribution in [0.4, 0.5) is 0 Å². The number of aliphatic hydroxyl groups excluding tert-OH is 1. The normalized spacial score (nSPS) is 14.9. The highest BCUT2D eigenvalue weighted by Gasteiger charge is 2.18. The fraction of sp³-hybridized carbons (Fsp3) is 0.733. The smallest absolute Gasteiger partial charge is 0.226 e. The summed E-state index contributed by atoms with van der Waals surface area (Å²) in [6.45, 7) is 10.7. The van der Waals surface area contributed by atoms with Gasteiger partial charge in [-0.15, -0.1) is 11.3 Å². The van der Waals surface area contributed by atoms with Gasteiger partial charge in [0.15, 0.2) is 0 Å². The fourth-order valence-electron chi connectivity index (χ4n) is 1.91. The van der Waals surface area contributed by atoms with Crippen LogP contribution in [0.2, 0.25) is 0 Å². The zero-order valence-electron chi connectivity index (χ0n) is 13.1. The second-order valence-electron chi connectivity index (χ2n) is 6.56. The first kappa shape index (κ1) is 17.1. The second-order valence-corrected chi connectivity index (χ2v) is 7.42. The van der Waals surface area contributed by atoms with Crippen molar-refractivity contribution >= 4 is 17.2 Å². The van der Waals surface area contributed by atoms with Gasteiger partial charge < -0.3 is 10.4 Å². The summed E-state index contributed by atoms with van der Waals surface area (Å²) < 4.78 is 0. The van der Waals surface area contributed by atoms with Crippen LogP contribution in [0.1, 0.15) is 51.7 Å². The zero-order valence-corrected chi connectivity index (χ0v) is 13.9. The van der Waals surface area contributed by atoms with Crippen molar-refractivity contribution in [2.24, 2.45) is 5.92 Å². The second kappa shape index (κ2) is 7.18. The summed E-state index contributed by atoms with van der Waals surface area (Å²) in [5, 5.41) is 15.2. The molecule has 0 aliphatic carbocycles. The third kappa shape index (κ3) is 6.01. The Kier molecular flexibility index (Phi) is 6.14. The number of hydrogen-bond acceptors (Lipinski definition) is 4. The Labute approximate surface area is 125 Å². The molecule has 20 heavy (non-hydrogen) atoms. The van der Waals surface area contributed by atoms with Gasteiger partial charge in [0.05, 0.1) is 23.2 Å². The molecule has 0 aromatic carbocycles. The molecule has 0 spiro atoms. The summed E-state index contributed by atoms with van der Waals surface area (Å²) in [5.74, 6) is 0.271. The molecule has 1 amide bonds. The van der Waals surface area contributed by atoms with E-state index in [1.807, 2.05) is 12.3 Å². The molecule has 0 saturated carbocycles. The van der Waals surface area contributed by atoms with Crippen molar-refractivity contribution in [3.8, 4) is 0 Å². The molecule has 0 aliphatic rings. The molecule has 0 radical (unpaired) electrons. The van der Waals surface area contributed by atoms with Crippen LogP contribution in [0, 0.1) is 5.92 Å². The standard InChI is InChI=1S/C15H26N2O2S/c1-10(6-11(2)18)8-16-13(19)7-12-9-20-14(17-12)15(3,4)5/h9-11,18H,6-8H2,1-5H3,(H,16,19). The average molecular weight is 298 g/mol. The number of nitrogens with one attached hydrogen (secondary N) is 1. The number of carbonyl (C=O) groups excluding carboxylic acids is 1. The maximum Gasteiger partial charge on any atom is 0.226 e. The Hall–Kier alpha value is -0.940. The van der Waals surface area contributed by atoms with Crippen LogP contribution in [0.25, 0.3) is 0 Å². The van der Waals surface area contributed by atoms with E-state index in [4.69, 9.17) is 0 Å². The van der Waals surface area contributed by atoms with Crippen LogP contribution in [-0.2, 0) is 16.6 Å². The van der Waals surface area contributed by atoms with Crippen molar-refractivity contribution in [1.82, 2.24) is 10.3 Å². The molecule has 2 N–H and O–H groups in total. The quantitative estimate of drug-likeness (QED) is 0.848. The Bertz CT molecular complexity index is 435. The highest BCUT2D eigenvalue weighted by atomic mass is 32.1. The monoisotopic (exact) mass is 298 g/mol. The van der Waals surface area contributed by atoms with Crippen LogP contribution in [-0.4, -0.2) is 28.6 Å². The average Bonchev–Trinajstić information content (AvgIpc) is 2.73. The van der Waals surface area contributed by atoms with Crippen molar-refractivity contribution in [2.75, 3.05) is 6.54 Å². The number of aromatic nitrogens is 1. The van der Waals surface area contributed by atoms with Crippen LogP contribution in [0.15, 0.2) is 5.38 Å². The van der Waals surface area contributed by atoms with Gasteiger partial charge in [-0.25, -0.2) is 4.98 Å². The summed E-state index contributed by atoms with van der Waals surface area (Å²) in [5.41, 5.74) is 0.867.